The summed E-state index contributed by atoms with van der Waals surface area (Å²) in [6.45, 7) is 10.7. The van der Waals surface area contributed by atoms with Crippen molar-refractivity contribution in [2.24, 2.45) is 0 Å². The van der Waals surface area contributed by atoms with Gasteiger partial charge in [-0.15, -0.1) is 0 Å². The number of anilines is 3. The first kappa shape index (κ1) is 33.6. The second-order valence-corrected chi connectivity index (χ2v) is 13.3. The minimum absolute atomic E-state index is 0.159. The van der Waals surface area contributed by atoms with Crippen molar-refractivity contribution >= 4 is 17.1 Å². The van der Waals surface area contributed by atoms with Crippen LogP contribution in [0.5, 0.6) is 0 Å². The van der Waals surface area contributed by atoms with Crippen LogP contribution in [0.2, 0.25) is 0 Å². The zero-order valence-corrected chi connectivity index (χ0v) is 29.5. The van der Waals surface area contributed by atoms with Gasteiger partial charge in [0.1, 0.15) is 0 Å². The molecule has 5 heteroatoms. The van der Waals surface area contributed by atoms with E-state index in [9.17, 15) is 15.8 Å². The third kappa shape index (κ3) is 5.58. The van der Waals surface area contributed by atoms with Gasteiger partial charge >= 0.3 is 0 Å². The third-order valence-electron chi connectivity index (χ3n) is 10.3. The number of benzene rings is 4. The summed E-state index contributed by atoms with van der Waals surface area (Å²) in [5.41, 5.74) is 11.7. The molecule has 1 aliphatic carbocycles. The van der Waals surface area contributed by atoms with Crippen LogP contribution in [0.25, 0.3) is 22.3 Å². The van der Waals surface area contributed by atoms with Crippen LogP contribution in [-0.4, -0.2) is 5.54 Å². The minimum Gasteiger partial charge on any atom is -0.329 e. The van der Waals surface area contributed by atoms with Crippen molar-refractivity contribution in [1.29, 1.82) is 15.8 Å². The van der Waals surface area contributed by atoms with Gasteiger partial charge in [-0.05, 0) is 122 Å². The van der Waals surface area contributed by atoms with E-state index < -0.39 is 5.54 Å². The second kappa shape index (κ2) is 13.8. The molecule has 0 bridgehead atoms. The zero-order chi connectivity index (χ0) is 36.4. The van der Waals surface area contributed by atoms with Gasteiger partial charge in [-0.3, -0.25) is 0 Å². The minimum atomic E-state index is -0.766. The Morgan fingerprint density at radius 2 is 1.56 bits per heavy atom. The molecule has 0 N–H and O–H groups in total. The topological polar surface area (TPSA) is 77.8 Å². The summed E-state index contributed by atoms with van der Waals surface area (Å²) in [6.07, 6.45) is 19.2. The maximum Gasteiger partial charge on any atom is 0.0991 e. The third-order valence-corrected chi connectivity index (χ3v) is 10.3. The van der Waals surface area contributed by atoms with Gasteiger partial charge in [-0.2, -0.15) is 15.8 Å². The highest BCUT2D eigenvalue weighted by Gasteiger charge is 2.52. The van der Waals surface area contributed by atoms with E-state index in [1.807, 2.05) is 79.8 Å². The zero-order valence-electron chi connectivity index (χ0n) is 29.5. The van der Waals surface area contributed by atoms with Crippen LogP contribution in [-0.2, 0) is 0 Å². The predicted molar refractivity (Wildman–Crippen MR) is 211 cm³/mol. The highest BCUT2D eigenvalue weighted by molar-refractivity contribution is 5.95. The van der Waals surface area contributed by atoms with Crippen LogP contribution < -0.4 is 9.80 Å². The van der Waals surface area contributed by atoms with E-state index in [4.69, 9.17) is 0 Å². The van der Waals surface area contributed by atoms with E-state index >= 15 is 0 Å². The summed E-state index contributed by atoms with van der Waals surface area (Å²) in [5, 5.41) is 30.4. The molecule has 0 saturated carbocycles. The lowest BCUT2D eigenvalue weighted by Crippen LogP contribution is -2.45. The lowest BCUT2D eigenvalue weighted by Gasteiger charge is -2.42. The predicted octanol–water partition coefficient (Wildman–Crippen LogP) is 11.5. The van der Waals surface area contributed by atoms with Gasteiger partial charge in [0.2, 0.25) is 0 Å². The molecule has 0 radical (unpaired) electrons. The molecule has 2 atom stereocenters. The molecule has 52 heavy (non-hydrogen) atoms. The number of rotatable bonds is 5. The molecule has 0 saturated heterocycles. The fourth-order valence-electron chi connectivity index (χ4n) is 7.80. The molecule has 2 unspecified atom stereocenters. The monoisotopic (exact) mass is 671 g/mol. The van der Waals surface area contributed by atoms with Gasteiger partial charge in [0, 0.05) is 39.9 Å². The molecule has 3 aliphatic rings. The van der Waals surface area contributed by atoms with E-state index in [1.54, 1.807) is 0 Å². The van der Waals surface area contributed by atoms with Crippen molar-refractivity contribution in [3.63, 3.8) is 0 Å². The number of hydrogen-bond acceptors (Lipinski definition) is 5. The molecule has 0 fully saturated rings. The number of nitrogens with zero attached hydrogens (tertiary/aromatic N) is 5. The normalized spacial score (nSPS) is 21.9. The maximum atomic E-state index is 10.5. The van der Waals surface area contributed by atoms with Crippen LogP contribution in [0.1, 0.15) is 49.8 Å². The largest absolute Gasteiger partial charge is 0.329 e. The van der Waals surface area contributed by atoms with Crippen molar-refractivity contribution in [2.75, 3.05) is 9.80 Å². The van der Waals surface area contributed by atoms with Gasteiger partial charge in [-0.1, -0.05) is 79.4 Å². The molecular formula is C47H37N5. The molecule has 0 aromatic heterocycles. The Kier molecular flexibility index (Phi) is 8.92. The highest BCUT2D eigenvalue weighted by Crippen LogP contribution is 2.58. The summed E-state index contributed by atoms with van der Waals surface area (Å²) >= 11 is 0. The molecule has 4 aromatic carbocycles. The summed E-state index contributed by atoms with van der Waals surface area (Å²) < 4.78 is 0. The molecule has 250 valence electrons. The van der Waals surface area contributed by atoms with Crippen LogP contribution in [0.15, 0.2) is 169 Å². The van der Waals surface area contributed by atoms with Crippen molar-refractivity contribution in [1.82, 2.24) is 0 Å². The van der Waals surface area contributed by atoms with Gasteiger partial charge in [0.05, 0.1) is 40.4 Å². The number of allylic oxidation sites excluding steroid dienone is 9. The molecule has 0 spiro atoms. The van der Waals surface area contributed by atoms with Crippen LogP contribution in [0, 0.1) is 34.0 Å². The molecule has 2 aliphatic heterocycles. The van der Waals surface area contributed by atoms with Crippen molar-refractivity contribution in [3.05, 3.63) is 185 Å². The molecule has 2 heterocycles. The standard InChI is InChI=1S/C47H37N5/c1-5-13-44-32(2)14-7-6-8-15-33(3)51(44)38-18-11-16-36(28-38)39-19-9-10-20-40(39)41-26-34(29-48)22-24-45(41)52-46-25-23-35(30-49)27-42(46)43-21-12-17-37(31-50)47(43,52)4/h5-13,15-28,43H,3,14H2,1-2,4H3/b7-6-,13-5-,15-8-,44-32-. The fourth-order valence-corrected chi connectivity index (χ4v) is 7.80. The average molecular weight is 672 g/mol. The summed E-state index contributed by atoms with van der Waals surface area (Å²) in [4.78, 5) is 4.44. The van der Waals surface area contributed by atoms with E-state index in [2.05, 4.69) is 115 Å². The van der Waals surface area contributed by atoms with Crippen molar-refractivity contribution in [3.8, 4) is 40.5 Å². The Hall–Kier alpha value is -6.87. The van der Waals surface area contributed by atoms with E-state index in [0.29, 0.717) is 16.7 Å². The number of nitriles is 3. The van der Waals surface area contributed by atoms with Crippen LogP contribution >= 0.6 is 0 Å². The number of fused-ring (bicyclic) bond motifs is 3. The molecular weight excluding hydrogens is 635 g/mol. The average Bonchev–Trinajstić information content (AvgIpc) is 3.47. The van der Waals surface area contributed by atoms with Crippen molar-refractivity contribution < 1.29 is 0 Å². The Balaban J connectivity index is 1.44. The molecule has 7 rings (SSSR count). The van der Waals surface area contributed by atoms with Gasteiger partial charge < -0.3 is 9.80 Å². The van der Waals surface area contributed by atoms with E-state index in [-0.39, 0.29) is 5.92 Å². The Labute approximate surface area is 306 Å². The molecule has 0 amide bonds. The Morgan fingerprint density at radius 1 is 0.808 bits per heavy atom. The van der Waals surface area contributed by atoms with Gasteiger partial charge in [0.15, 0.2) is 0 Å². The lowest BCUT2D eigenvalue weighted by molar-refractivity contribution is 0.523. The smallest absolute Gasteiger partial charge is 0.0991 e. The SMILES string of the molecule is C=C1/C=C\C=C/C/C(C)=C(/C=C\C)N1c1cccc(-c2ccccc2-c2cc(C#N)ccc2N2c3ccc(C#N)cc3C3C=CC=C(C#N)C32C)c1. The first-order chi connectivity index (χ1) is 25.3. The lowest BCUT2D eigenvalue weighted by atomic mass is 9.75. The Bertz CT molecular complexity index is 2450. The highest BCUT2D eigenvalue weighted by atomic mass is 15.2. The van der Waals surface area contributed by atoms with Gasteiger partial charge in [-0.25, -0.2) is 0 Å². The first-order valence-electron chi connectivity index (χ1n) is 17.4. The van der Waals surface area contributed by atoms with Crippen molar-refractivity contribution in [2.45, 2.75) is 38.6 Å². The Morgan fingerprint density at radius 3 is 2.31 bits per heavy atom. The van der Waals surface area contributed by atoms with E-state index in [0.717, 1.165) is 62.7 Å². The first-order valence-corrected chi connectivity index (χ1v) is 17.4. The summed E-state index contributed by atoms with van der Waals surface area (Å²) in [7, 11) is 0. The van der Waals surface area contributed by atoms with Crippen LogP contribution in [0.4, 0.5) is 17.1 Å². The van der Waals surface area contributed by atoms with E-state index in [1.165, 1.54) is 5.57 Å². The van der Waals surface area contributed by atoms with Gasteiger partial charge in [0.25, 0.3) is 0 Å². The maximum absolute atomic E-state index is 10.5. The molecule has 5 nitrogen and oxygen atoms in total. The van der Waals surface area contributed by atoms with Crippen LogP contribution in [0.3, 0.4) is 0 Å². The summed E-state index contributed by atoms with van der Waals surface area (Å²) in [6, 6.07) is 35.5. The molecule has 4 aromatic rings. The second-order valence-electron chi connectivity index (χ2n) is 13.3. The fraction of sp³-hybridized carbons (Fsp3) is 0.128. The quantitative estimate of drug-likeness (QED) is 0.211. The summed E-state index contributed by atoms with van der Waals surface area (Å²) in [5.74, 6) is -0.159. The number of hydrogen-bond donors (Lipinski definition) is 0.